The Hall–Kier alpha value is -0.870. The predicted octanol–water partition coefficient (Wildman–Crippen LogP) is 1.83. The van der Waals surface area contributed by atoms with Gasteiger partial charge in [0.2, 0.25) is 0 Å². The minimum atomic E-state index is -0.391. The van der Waals surface area contributed by atoms with Crippen molar-refractivity contribution in [3.05, 3.63) is 18.0 Å². The molecule has 0 aromatic carbocycles. The Morgan fingerprint density at radius 1 is 1.39 bits per heavy atom. The van der Waals surface area contributed by atoms with Crippen molar-refractivity contribution in [1.29, 1.82) is 0 Å². The van der Waals surface area contributed by atoms with Crippen LogP contribution >= 0.6 is 0 Å². The third-order valence-corrected chi connectivity index (χ3v) is 4.09. The summed E-state index contributed by atoms with van der Waals surface area (Å²) in [6.45, 7) is 10.5. The van der Waals surface area contributed by atoms with Gasteiger partial charge in [-0.05, 0) is 32.5 Å². The first kappa shape index (κ1) is 15.2. The number of aliphatic hydroxyl groups excluding tert-OH is 1. The largest absolute Gasteiger partial charge is 0.391 e. The molecule has 0 amide bonds. The molecule has 4 nitrogen and oxygen atoms in total. The van der Waals surface area contributed by atoms with Gasteiger partial charge in [-0.15, -0.1) is 0 Å². The zero-order valence-corrected chi connectivity index (χ0v) is 12.3. The number of hydrogen-bond donors (Lipinski definition) is 1. The topological polar surface area (TPSA) is 41.3 Å². The fraction of sp³-hybridized carbons (Fsp3) is 0.786. The van der Waals surface area contributed by atoms with Crippen LogP contribution in [0.4, 0.5) is 0 Å². The van der Waals surface area contributed by atoms with Crippen molar-refractivity contribution in [2.75, 3.05) is 13.1 Å². The molecule has 0 aliphatic heterocycles. The van der Waals surface area contributed by atoms with E-state index < -0.39 is 6.10 Å². The van der Waals surface area contributed by atoms with Gasteiger partial charge in [0.15, 0.2) is 0 Å². The second-order valence-electron chi connectivity index (χ2n) is 5.08. The first-order valence-electron chi connectivity index (χ1n) is 6.89. The van der Waals surface area contributed by atoms with Crippen LogP contribution in [0.2, 0.25) is 0 Å². The normalized spacial score (nSPS) is 16.8. The Morgan fingerprint density at radius 3 is 2.39 bits per heavy atom. The molecule has 0 saturated carbocycles. The molecule has 0 aliphatic rings. The van der Waals surface area contributed by atoms with E-state index in [1.54, 1.807) is 4.68 Å². The Kier molecular flexibility index (Phi) is 5.35. The smallest absolute Gasteiger partial charge is 0.0777 e. The van der Waals surface area contributed by atoms with Gasteiger partial charge in [0.25, 0.3) is 0 Å². The van der Waals surface area contributed by atoms with Gasteiger partial charge in [-0.1, -0.05) is 20.8 Å². The number of aromatic nitrogens is 2. The van der Waals surface area contributed by atoms with Crippen LogP contribution in [0.15, 0.2) is 12.3 Å². The van der Waals surface area contributed by atoms with Gasteiger partial charge in [-0.25, -0.2) is 0 Å². The molecule has 0 fully saturated rings. The Balaban J connectivity index is 2.80. The van der Waals surface area contributed by atoms with E-state index in [4.69, 9.17) is 0 Å². The maximum Gasteiger partial charge on any atom is 0.0777 e. The molecule has 4 heteroatoms. The highest BCUT2D eigenvalue weighted by atomic mass is 16.3. The van der Waals surface area contributed by atoms with E-state index >= 15 is 0 Å². The van der Waals surface area contributed by atoms with E-state index in [-0.39, 0.29) is 5.54 Å². The lowest BCUT2D eigenvalue weighted by Crippen LogP contribution is -2.54. The summed E-state index contributed by atoms with van der Waals surface area (Å²) in [7, 11) is 1.90. The lowest BCUT2D eigenvalue weighted by Gasteiger charge is -2.43. The number of rotatable bonds is 7. The number of nitrogens with zero attached hydrogens (tertiary/aromatic N) is 3. The summed E-state index contributed by atoms with van der Waals surface area (Å²) in [4.78, 5) is 2.33. The van der Waals surface area contributed by atoms with E-state index in [1.165, 1.54) is 0 Å². The Labute approximate surface area is 111 Å². The summed E-state index contributed by atoms with van der Waals surface area (Å²) in [6.07, 6.45) is 3.07. The minimum Gasteiger partial charge on any atom is -0.391 e. The maximum atomic E-state index is 10.6. The molecule has 1 aromatic heterocycles. The standard InChI is InChI=1S/C14H27N3O/c1-6-14(4,17(7-2)8-3)13(18)11-12-9-10-16(5)15-12/h9-10,13,18H,6-8,11H2,1-5H3. The predicted molar refractivity (Wildman–Crippen MR) is 74.5 cm³/mol. The molecule has 0 radical (unpaired) electrons. The van der Waals surface area contributed by atoms with E-state index in [1.807, 2.05) is 19.3 Å². The molecule has 0 bridgehead atoms. The SMILES string of the molecule is CCN(CC)C(C)(CC)C(O)Cc1ccn(C)n1. The molecule has 2 unspecified atom stereocenters. The zero-order valence-electron chi connectivity index (χ0n) is 12.3. The van der Waals surface area contributed by atoms with E-state index in [0.29, 0.717) is 6.42 Å². The summed E-state index contributed by atoms with van der Waals surface area (Å²) in [6, 6.07) is 1.97. The van der Waals surface area contributed by atoms with Crippen molar-refractivity contribution < 1.29 is 5.11 Å². The monoisotopic (exact) mass is 253 g/mol. The van der Waals surface area contributed by atoms with Crippen LogP contribution in [0.1, 0.15) is 39.8 Å². The van der Waals surface area contributed by atoms with Crippen LogP contribution in [0.5, 0.6) is 0 Å². The highest BCUT2D eigenvalue weighted by Crippen LogP contribution is 2.25. The second-order valence-corrected chi connectivity index (χ2v) is 5.08. The summed E-state index contributed by atoms with van der Waals surface area (Å²) in [5.74, 6) is 0. The van der Waals surface area contributed by atoms with Crippen molar-refractivity contribution in [1.82, 2.24) is 14.7 Å². The summed E-state index contributed by atoms with van der Waals surface area (Å²) in [5.41, 5.74) is 0.776. The lowest BCUT2D eigenvalue weighted by atomic mass is 9.86. The lowest BCUT2D eigenvalue weighted by molar-refractivity contribution is -0.0195. The fourth-order valence-corrected chi connectivity index (χ4v) is 2.61. The van der Waals surface area contributed by atoms with Crippen molar-refractivity contribution in [3.8, 4) is 0 Å². The third-order valence-electron chi connectivity index (χ3n) is 4.09. The molecule has 1 heterocycles. The van der Waals surface area contributed by atoms with Gasteiger partial charge < -0.3 is 5.11 Å². The highest BCUT2D eigenvalue weighted by molar-refractivity contribution is 5.04. The summed E-state index contributed by atoms with van der Waals surface area (Å²) in [5, 5.41) is 14.9. The van der Waals surface area contributed by atoms with E-state index in [9.17, 15) is 5.11 Å². The van der Waals surface area contributed by atoms with Crippen LogP contribution < -0.4 is 0 Å². The fourth-order valence-electron chi connectivity index (χ4n) is 2.61. The number of likely N-dealkylation sites (N-methyl/N-ethyl adjacent to an activating group) is 1. The van der Waals surface area contributed by atoms with Gasteiger partial charge in [-0.3, -0.25) is 9.58 Å². The Bertz CT molecular complexity index is 360. The average molecular weight is 253 g/mol. The van der Waals surface area contributed by atoms with E-state index in [2.05, 4.69) is 37.7 Å². The Morgan fingerprint density at radius 2 is 2.00 bits per heavy atom. The van der Waals surface area contributed by atoms with Crippen molar-refractivity contribution in [3.63, 3.8) is 0 Å². The van der Waals surface area contributed by atoms with Crippen LogP contribution in [0.25, 0.3) is 0 Å². The summed E-state index contributed by atoms with van der Waals surface area (Å²) >= 11 is 0. The van der Waals surface area contributed by atoms with Crippen LogP contribution in [0, 0.1) is 0 Å². The molecule has 1 rings (SSSR count). The molecule has 0 saturated heterocycles. The van der Waals surface area contributed by atoms with Gasteiger partial charge in [0, 0.05) is 25.2 Å². The van der Waals surface area contributed by atoms with E-state index in [0.717, 1.165) is 25.2 Å². The molecule has 104 valence electrons. The van der Waals surface area contributed by atoms with Crippen LogP contribution in [0.3, 0.4) is 0 Å². The first-order chi connectivity index (χ1) is 8.47. The quantitative estimate of drug-likeness (QED) is 0.806. The average Bonchev–Trinajstić information content (AvgIpc) is 2.75. The van der Waals surface area contributed by atoms with Crippen LogP contribution in [-0.2, 0) is 13.5 Å². The maximum absolute atomic E-state index is 10.6. The molecule has 1 N–H and O–H groups in total. The highest BCUT2D eigenvalue weighted by Gasteiger charge is 2.36. The van der Waals surface area contributed by atoms with Crippen LogP contribution in [-0.4, -0.2) is 44.5 Å². The molecular formula is C14H27N3O. The second kappa shape index (κ2) is 6.34. The summed E-state index contributed by atoms with van der Waals surface area (Å²) < 4.78 is 1.78. The van der Waals surface area contributed by atoms with Gasteiger partial charge in [0.1, 0.15) is 0 Å². The molecule has 2 atom stereocenters. The van der Waals surface area contributed by atoms with Gasteiger partial charge in [0.05, 0.1) is 11.8 Å². The number of hydrogen-bond acceptors (Lipinski definition) is 3. The van der Waals surface area contributed by atoms with Gasteiger partial charge >= 0.3 is 0 Å². The third kappa shape index (κ3) is 3.12. The molecule has 0 aliphatic carbocycles. The van der Waals surface area contributed by atoms with Gasteiger partial charge in [-0.2, -0.15) is 5.10 Å². The first-order valence-corrected chi connectivity index (χ1v) is 6.89. The molecule has 18 heavy (non-hydrogen) atoms. The molecule has 1 aromatic rings. The van der Waals surface area contributed by atoms with Crippen molar-refractivity contribution >= 4 is 0 Å². The molecule has 0 spiro atoms. The molecular weight excluding hydrogens is 226 g/mol. The zero-order chi connectivity index (χ0) is 13.8. The minimum absolute atomic E-state index is 0.180. The van der Waals surface area contributed by atoms with Crippen molar-refractivity contribution in [2.24, 2.45) is 7.05 Å². The van der Waals surface area contributed by atoms with Crippen molar-refractivity contribution in [2.45, 2.75) is 52.2 Å². The number of aliphatic hydroxyl groups is 1. The number of aryl methyl sites for hydroxylation is 1.